The molecule has 0 amide bonds. The second kappa shape index (κ2) is 7.95. The monoisotopic (exact) mass is 377 g/mol. The van der Waals surface area contributed by atoms with Gasteiger partial charge in [0.05, 0.1) is 35.2 Å². The molecule has 0 bridgehead atoms. The molecular formula is C21H19N3O2S. The summed E-state index contributed by atoms with van der Waals surface area (Å²) in [4.78, 5) is 17.8. The fourth-order valence-electron chi connectivity index (χ4n) is 3.31. The third-order valence-electron chi connectivity index (χ3n) is 4.73. The molecule has 5 nitrogen and oxygen atoms in total. The van der Waals surface area contributed by atoms with E-state index in [0.717, 1.165) is 25.0 Å². The number of aromatic nitrogens is 2. The van der Waals surface area contributed by atoms with E-state index in [-0.39, 0.29) is 11.7 Å². The quantitative estimate of drug-likeness (QED) is 0.500. The van der Waals surface area contributed by atoms with E-state index in [4.69, 9.17) is 9.72 Å². The standard InChI is InChI=1S/C21H19N3O2S/c22-12-15-6-1-2-7-16(15)14-27-21-23-19-10-4-3-9-18(19)20(25)24(21)13-17-8-5-11-26-17/h1-4,6-7,9-10,17H,5,8,11,13-14H2. The highest BCUT2D eigenvalue weighted by molar-refractivity contribution is 7.98. The summed E-state index contributed by atoms with van der Waals surface area (Å²) in [5.74, 6) is 0.583. The maximum atomic E-state index is 13.1. The highest BCUT2D eigenvalue weighted by Crippen LogP contribution is 2.25. The van der Waals surface area contributed by atoms with Crippen LogP contribution < -0.4 is 5.56 Å². The normalized spacial score (nSPS) is 16.5. The van der Waals surface area contributed by atoms with E-state index in [1.807, 2.05) is 48.5 Å². The molecule has 0 radical (unpaired) electrons. The molecule has 0 aliphatic carbocycles. The Morgan fingerprint density at radius 2 is 2.04 bits per heavy atom. The first-order chi connectivity index (χ1) is 13.3. The van der Waals surface area contributed by atoms with E-state index in [0.29, 0.717) is 33.9 Å². The Kier molecular flexibility index (Phi) is 5.23. The van der Waals surface area contributed by atoms with Crippen molar-refractivity contribution in [2.24, 2.45) is 0 Å². The maximum absolute atomic E-state index is 13.1. The van der Waals surface area contributed by atoms with Crippen LogP contribution in [0.25, 0.3) is 10.9 Å². The minimum absolute atomic E-state index is 0.0350. The summed E-state index contributed by atoms with van der Waals surface area (Å²) in [6, 6.07) is 17.2. The van der Waals surface area contributed by atoms with Crippen LogP contribution in [0.2, 0.25) is 0 Å². The van der Waals surface area contributed by atoms with E-state index in [2.05, 4.69) is 6.07 Å². The first-order valence-electron chi connectivity index (χ1n) is 8.98. The van der Waals surface area contributed by atoms with Crippen LogP contribution in [0.5, 0.6) is 0 Å². The zero-order valence-corrected chi connectivity index (χ0v) is 15.6. The lowest BCUT2D eigenvalue weighted by atomic mass is 10.1. The predicted octanol–water partition coefficient (Wildman–Crippen LogP) is 3.74. The Morgan fingerprint density at radius 3 is 2.85 bits per heavy atom. The number of fused-ring (bicyclic) bond motifs is 1. The molecule has 1 aliphatic rings. The smallest absolute Gasteiger partial charge is 0.262 e. The number of nitrogens with zero attached hydrogens (tertiary/aromatic N) is 3. The average Bonchev–Trinajstić information content (AvgIpc) is 3.22. The molecule has 27 heavy (non-hydrogen) atoms. The van der Waals surface area contributed by atoms with Crippen molar-refractivity contribution in [1.82, 2.24) is 9.55 Å². The molecular weight excluding hydrogens is 358 g/mol. The predicted molar refractivity (Wildman–Crippen MR) is 106 cm³/mol. The van der Waals surface area contributed by atoms with Crippen molar-refractivity contribution in [3.63, 3.8) is 0 Å². The molecule has 1 atom stereocenters. The van der Waals surface area contributed by atoms with Crippen LogP contribution in [0, 0.1) is 11.3 Å². The molecule has 1 aliphatic heterocycles. The van der Waals surface area contributed by atoms with Gasteiger partial charge in [-0.25, -0.2) is 4.98 Å². The summed E-state index contributed by atoms with van der Waals surface area (Å²) >= 11 is 1.49. The van der Waals surface area contributed by atoms with E-state index in [1.54, 1.807) is 4.57 Å². The number of para-hydroxylation sites is 1. The van der Waals surface area contributed by atoms with E-state index < -0.39 is 0 Å². The van der Waals surface area contributed by atoms with Gasteiger partial charge in [0, 0.05) is 12.4 Å². The van der Waals surface area contributed by atoms with Crippen molar-refractivity contribution >= 4 is 22.7 Å². The molecule has 136 valence electrons. The Hall–Kier alpha value is -2.62. The molecule has 1 unspecified atom stereocenters. The highest BCUT2D eigenvalue weighted by Gasteiger charge is 2.20. The van der Waals surface area contributed by atoms with Gasteiger partial charge >= 0.3 is 0 Å². The van der Waals surface area contributed by atoms with E-state index in [9.17, 15) is 10.1 Å². The molecule has 0 saturated carbocycles. The summed E-state index contributed by atoms with van der Waals surface area (Å²) in [6.45, 7) is 1.26. The van der Waals surface area contributed by atoms with Crippen molar-refractivity contribution in [3.05, 3.63) is 70.0 Å². The van der Waals surface area contributed by atoms with Crippen LogP contribution in [0.4, 0.5) is 0 Å². The van der Waals surface area contributed by atoms with Crippen LogP contribution in [0.1, 0.15) is 24.0 Å². The van der Waals surface area contributed by atoms with Gasteiger partial charge in [-0.3, -0.25) is 9.36 Å². The second-order valence-corrected chi connectivity index (χ2v) is 7.46. The van der Waals surface area contributed by atoms with Crippen LogP contribution >= 0.6 is 11.8 Å². The highest BCUT2D eigenvalue weighted by atomic mass is 32.2. The number of rotatable bonds is 5. The fourth-order valence-corrected chi connectivity index (χ4v) is 4.32. The van der Waals surface area contributed by atoms with Crippen molar-refractivity contribution in [3.8, 4) is 6.07 Å². The molecule has 3 aromatic rings. The number of hydrogen-bond donors (Lipinski definition) is 0. The minimum atomic E-state index is -0.0350. The molecule has 2 heterocycles. The second-order valence-electron chi connectivity index (χ2n) is 6.52. The molecule has 1 aromatic heterocycles. The van der Waals surface area contributed by atoms with Crippen molar-refractivity contribution in [2.45, 2.75) is 36.4 Å². The zero-order chi connectivity index (χ0) is 18.6. The summed E-state index contributed by atoms with van der Waals surface area (Å²) in [6.07, 6.45) is 2.04. The summed E-state index contributed by atoms with van der Waals surface area (Å²) < 4.78 is 7.47. The van der Waals surface area contributed by atoms with Gasteiger partial charge in [0.25, 0.3) is 5.56 Å². The third kappa shape index (κ3) is 3.75. The van der Waals surface area contributed by atoms with Gasteiger partial charge < -0.3 is 4.74 Å². The summed E-state index contributed by atoms with van der Waals surface area (Å²) in [5.41, 5.74) is 2.25. The molecule has 4 rings (SSSR count). The van der Waals surface area contributed by atoms with Gasteiger partial charge in [-0.1, -0.05) is 42.1 Å². The lowest BCUT2D eigenvalue weighted by Crippen LogP contribution is -2.28. The molecule has 2 aromatic carbocycles. The molecule has 0 spiro atoms. The van der Waals surface area contributed by atoms with Crippen LogP contribution in [-0.2, 0) is 17.0 Å². The largest absolute Gasteiger partial charge is 0.376 e. The molecule has 1 fully saturated rings. The van der Waals surface area contributed by atoms with Crippen molar-refractivity contribution < 1.29 is 4.74 Å². The van der Waals surface area contributed by atoms with Gasteiger partial charge in [0.2, 0.25) is 0 Å². The topological polar surface area (TPSA) is 67.9 Å². The Balaban J connectivity index is 1.71. The third-order valence-corrected chi connectivity index (χ3v) is 5.76. The lowest BCUT2D eigenvalue weighted by Gasteiger charge is -2.16. The zero-order valence-electron chi connectivity index (χ0n) is 14.8. The first kappa shape index (κ1) is 17.8. The Morgan fingerprint density at radius 1 is 1.22 bits per heavy atom. The van der Waals surface area contributed by atoms with Gasteiger partial charge in [0.1, 0.15) is 0 Å². The first-order valence-corrected chi connectivity index (χ1v) is 9.97. The van der Waals surface area contributed by atoms with Gasteiger partial charge in [-0.05, 0) is 36.6 Å². The number of benzene rings is 2. The Labute approximate surface area is 161 Å². The van der Waals surface area contributed by atoms with E-state index >= 15 is 0 Å². The minimum Gasteiger partial charge on any atom is -0.376 e. The molecule has 1 saturated heterocycles. The Bertz CT molecular complexity index is 1060. The van der Waals surface area contributed by atoms with Gasteiger partial charge in [-0.15, -0.1) is 0 Å². The lowest BCUT2D eigenvalue weighted by molar-refractivity contribution is 0.0937. The van der Waals surface area contributed by atoms with Gasteiger partial charge in [-0.2, -0.15) is 5.26 Å². The number of nitriles is 1. The van der Waals surface area contributed by atoms with Crippen molar-refractivity contribution in [1.29, 1.82) is 5.26 Å². The maximum Gasteiger partial charge on any atom is 0.262 e. The van der Waals surface area contributed by atoms with Gasteiger partial charge in [0.15, 0.2) is 5.16 Å². The fraction of sp³-hybridized carbons (Fsp3) is 0.286. The molecule has 0 N–H and O–H groups in total. The number of hydrogen-bond acceptors (Lipinski definition) is 5. The number of thioether (sulfide) groups is 1. The number of ether oxygens (including phenoxy) is 1. The van der Waals surface area contributed by atoms with Crippen LogP contribution in [0.3, 0.4) is 0 Å². The van der Waals surface area contributed by atoms with Crippen molar-refractivity contribution in [2.75, 3.05) is 6.61 Å². The summed E-state index contributed by atoms with van der Waals surface area (Å²) in [5, 5.41) is 10.6. The average molecular weight is 377 g/mol. The van der Waals surface area contributed by atoms with Crippen LogP contribution in [-0.4, -0.2) is 22.3 Å². The molecule has 6 heteroatoms. The SMILES string of the molecule is N#Cc1ccccc1CSc1nc2ccccc2c(=O)n1CC1CCCO1. The van der Waals surface area contributed by atoms with E-state index in [1.165, 1.54) is 11.8 Å². The summed E-state index contributed by atoms with van der Waals surface area (Å²) in [7, 11) is 0. The van der Waals surface area contributed by atoms with Crippen LogP contribution in [0.15, 0.2) is 58.5 Å².